The van der Waals surface area contributed by atoms with Crippen molar-refractivity contribution in [3.8, 4) is 0 Å². The van der Waals surface area contributed by atoms with Gasteiger partial charge in [-0.3, -0.25) is 14.5 Å². The Morgan fingerprint density at radius 2 is 1.90 bits per heavy atom. The molecule has 1 amide bonds. The van der Waals surface area contributed by atoms with E-state index in [2.05, 4.69) is 4.98 Å². The minimum atomic E-state index is -1.16. The van der Waals surface area contributed by atoms with E-state index in [1.54, 1.807) is 18.2 Å². The second-order valence-corrected chi connectivity index (χ2v) is 5.33. The van der Waals surface area contributed by atoms with Gasteiger partial charge in [0.1, 0.15) is 17.4 Å². The number of anilines is 1. The summed E-state index contributed by atoms with van der Waals surface area (Å²) in [6.07, 6.45) is 0. The number of benzene rings is 1. The van der Waals surface area contributed by atoms with Crippen molar-refractivity contribution < 1.29 is 14.7 Å². The number of carboxylic acids is 1. The Morgan fingerprint density at radius 1 is 1.19 bits per heavy atom. The van der Waals surface area contributed by atoms with Crippen LogP contribution in [0.15, 0.2) is 30.3 Å². The third-order valence-corrected chi connectivity index (χ3v) is 3.54. The zero-order valence-electron chi connectivity index (χ0n) is 10.4. The molecule has 0 radical (unpaired) electrons. The summed E-state index contributed by atoms with van der Waals surface area (Å²) in [5.74, 6) is -1.74. The molecule has 0 unspecified atom stereocenters. The van der Waals surface area contributed by atoms with Gasteiger partial charge in [-0.15, -0.1) is 0 Å². The molecule has 0 spiro atoms. The predicted molar refractivity (Wildman–Crippen MR) is 81.6 cm³/mol. The maximum Gasteiger partial charge on any atom is 0.323 e. The standard InChI is InChI=1S/C13H9Cl3N2O3/c14-7-2-1-3-8(4-7)18(6-11(19)20)13(21)10-5-9(15)12(16)17-10/h1-5,17H,6H2,(H,19,20). The molecule has 0 saturated heterocycles. The number of nitrogens with zero attached hydrogens (tertiary/aromatic N) is 1. The summed E-state index contributed by atoms with van der Waals surface area (Å²) in [6, 6.07) is 7.66. The van der Waals surface area contributed by atoms with Crippen LogP contribution in [0.2, 0.25) is 15.2 Å². The molecule has 0 aliphatic heterocycles. The number of aromatic amines is 1. The highest BCUT2D eigenvalue weighted by Crippen LogP contribution is 2.25. The lowest BCUT2D eigenvalue weighted by Gasteiger charge is -2.20. The summed E-state index contributed by atoms with van der Waals surface area (Å²) in [4.78, 5) is 27.1. The van der Waals surface area contributed by atoms with Crippen LogP contribution in [0.4, 0.5) is 5.69 Å². The van der Waals surface area contributed by atoms with E-state index in [4.69, 9.17) is 39.9 Å². The fourth-order valence-electron chi connectivity index (χ4n) is 1.72. The number of rotatable bonds is 4. The number of aliphatic carboxylic acids is 1. The van der Waals surface area contributed by atoms with Crippen molar-refractivity contribution >= 4 is 52.4 Å². The number of nitrogens with one attached hydrogen (secondary N) is 1. The van der Waals surface area contributed by atoms with E-state index < -0.39 is 18.4 Å². The summed E-state index contributed by atoms with van der Waals surface area (Å²) in [6.45, 7) is -0.520. The smallest absolute Gasteiger partial charge is 0.323 e. The summed E-state index contributed by atoms with van der Waals surface area (Å²) < 4.78 is 0. The molecule has 1 heterocycles. The van der Waals surface area contributed by atoms with Crippen molar-refractivity contribution in [1.29, 1.82) is 0 Å². The zero-order valence-corrected chi connectivity index (χ0v) is 12.7. The van der Waals surface area contributed by atoms with E-state index >= 15 is 0 Å². The monoisotopic (exact) mass is 346 g/mol. The summed E-state index contributed by atoms with van der Waals surface area (Å²) in [5, 5.41) is 9.66. The molecule has 21 heavy (non-hydrogen) atoms. The number of carboxylic acid groups (broad SMARTS) is 1. The lowest BCUT2D eigenvalue weighted by Crippen LogP contribution is -2.35. The number of amides is 1. The van der Waals surface area contributed by atoms with E-state index in [1.165, 1.54) is 12.1 Å². The normalized spacial score (nSPS) is 10.4. The maximum atomic E-state index is 12.4. The summed E-state index contributed by atoms with van der Waals surface area (Å²) in [5.41, 5.74) is 0.447. The topological polar surface area (TPSA) is 73.4 Å². The molecular formula is C13H9Cl3N2O3. The molecule has 0 saturated carbocycles. The Kier molecular flexibility index (Phi) is 4.77. The van der Waals surface area contributed by atoms with Gasteiger partial charge < -0.3 is 10.1 Å². The van der Waals surface area contributed by atoms with Crippen LogP contribution in [0.1, 0.15) is 10.5 Å². The first-order chi connectivity index (χ1) is 9.88. The molecule has 0 bridgehead atoms. The largest absolute Gasteiger partial charge is 0.480 e. The van der Waals surface area contributed by atoms with Crippen LogP contribution in [0.5, 0.6) is 0 Å². The van der Waals surface area contributed by atoms with Crippen LogP contribution < -0.4 is 4.90 Å². The van der Waals surface area contributed by atoms with Gasteiger partial charge in [0.15, 0.2) is 0 Å². The van der Waals surface area contributed by atoms with Gasteiger partial charge in [0.25, 0.3) is 5.91 Å². The molecule has 0 atom stereocenters. The summed E-state index contributed by atoms with van der Waals surface area (Å²) in [7, 11) is 0. The molecule has 0 fully saturated rings. The third-order valence-electron chi connectivity index (χ3n) is 2.61. The number of hydrogen-bond acceptors (Lipinski definition) is 2. The van der Waals surface area contributed by atoms with Crippen LogP contribution in [0, 0.1) is 0 Å². The Morgan fingerprint density at radius 3 is 2.43 bits per heavy atom. The van der Waals surface area contributed by atoms with E-state index in [9.17, 15) is 9.59 Å². The average Bonchev–Trinajstić information content (AvgIpc) is 2.75. The van der Waals surface area contributed by atoms with Crippen LogP contribution in [0.25, 0.3) is 0 Å². The van der Waals surface area contributed by atoms with Crippen molar-refractivity contribution in [2.75, 3.05) is 11.4 Å². The highest BCUT2D eigenvalue weighted by atomic mass is 35.5. The van der Waals surface area contributed by atoms with Crippen molar-refractivity contribution in [3.63, 3.8) is 0 Å². The first kappa shape index (κ1) is 15.7. The second-order valence-electron chi connectivity index (χ2n) is 4.11. The van der Waals surface area contributed by atoms with Crippen LogP contribution in [-0.4, -0.2) is 28.5 Å². The predicted octanol–water partition coefficient (Wildman–Crippen LogP) is 3.71. The van der Waals surface area contributed by atoms with Crippen molar-refractivity contribution in [1.82, 2.24) is 4.98 Å². The van der Waals surface area contributed by atoms with Gasteiger partial charge in [-0.2, -0.15) is 0 Å². The molecule has 2 aromatic rings. The van der Waals surface area contributed by atoms with Crippen LogP contribution in [0.3, 0.4) is 0 Å². The molecular weight excluding hydrogens is 339 g/mol. The molecule has 0 aliphatic rings. The number of carbonyl (C=O) groups is 2. The Bertz CT molecular complexity index is 680. The van der Waals surface area contributed by atoms with Crippen LogP contribution >= 0.6 is 34.8 Å². The number of halogens is 3. The molecule has 8 heteroatoms. The van der Waals surface area contributed by atoms with Crippen LogP contribution in [-0.2, 0) is 4.79 Å². The minimum absolute atomic E-state index is 0.0891. The van der Waals surface area contributed by atoms with Gasteiger partial charge in [-0.1, -0.05) is 40.9 Å². The van der Waals surface area contributed by atoms with Gasteiger partial charge >= 0.3 is 5.97 Å². The lowest BCUT2D eigenvalue weighted by molar-refractivity contribution is -0.135. The van der Waals surface area contributed by atoms with Crippen molar-refractivity contribution in [2.24, 2.45) is 0 Å². The number of aromatic nitrogens is 1. The van der Waals surface area contributed by atoms with E-state index in [0.717, 1.165) is 4.90 Å². The fourth-order valence-corrected chi connectivity index (χ4v) is 2.22. The second kappa shape index (κ2) is 6.39. The Labute approximate surface area is 135 Å². The van der Waals surface area contributed by atoms with E-state index in [1.807, 2.05) is 0 Å². The first-order valence-electron chi connectivity index (χ1n) is 5.71. The highest BCUT2D eigenvalue weighted by Gasteiger charge is 2.23. The molecule has 110 valence electrons. The van der Waals surface area contributed by atoms with Gasteiger partial charge in [0, 0.05) is 10.7 Å². The van der Waals surface area contributed by atoms with Gasteiger partial charge in [-0.25, -0.2) is 0 Å². The molecule has 2 rings (SSSR count). The molecule has 5 nitrogen and oxygen atoms in total. The van der Waals surface area contributed by atoms with Gasteiger partial charge in [-0.05, 0) is 24.3 Å². The SMILES string of the molecule is O=C(O)CN(C(=O)c1cc(Cl)c(Cl)[nH]1)c1cccc(Cl)c1. The highest BCUT2D eigenvalue weighted by molar-refractivity contribution is 6.41. The lowest BCUT2D eigenvalue weighted by atomic mass is 10.2. The number of H-pyrrole nitrogens is 1. The minimum Gasteiger partial charge on any atom is -0.480 e. The molecule has 2 N–H and O–H groups in total. The average molecular weight is 348 g/mol. The first-order valence-corrected chi connectivity index (χ1v) is 6.85. The van der Waals surface area contributed by atoms with Crippen molar-refractivity contribution in [3.05, 3.63) is 51.2 Å². The molecule has 1 aromatic heterocycles. The fraction of sp³-hybridized carbons (Fsp3) is 0.0769. The molecule has 1 aromatic carbocycles. The van der Waals surface area contributed by atoms with Crippen molar-refractivity contribution in [2.45, 2.75) is 0 Å². The quantitative estimate of drug-likeness (QED) is 0.885. The number of carbonyl (C=O) groups excluding carboxylic acids is 1. The summed E-state index contributed by atoms with van der Waals surface area (Å²) >= 11 is 17.4. The van der Waals surface area contributed by atoms with E-state index in [0.29, 0.717) is 10.7 Å². The molecule has 0 aliphatic carbocycles. The third kappa shape index (κ3) is 3.69. The Balaban J connectivity index is 2.40. The Hall–Kier alpha value is -1.69. The van der Waals surface area contributed by atoms with Gasteiger partial charge in [0.05, 0.1) is 5.02 Å². The van der Waals surface area contributed by atoms with E-state index in [-0.39, 0.29) is 15.9 Å². The number of hydrogen-bond donors (Lipinski definition) is 2. The maximum absolute atomic E-state index is 12.4. The zero-order chi connectivity index (χ0) is 15.6. The van der Waals surface area contributed by atoms with Gasteiger partial charge in [0.2, 0.25) is 0 Å².